The van der Waals surface area contributed by atoms with Gasteiger partial charge < -0.3 is 10.6 Å². The lowest BCUT2D eigenvalue weighted by Crippen LogP contribution is -2.42. The number of carbonyl (C=O) groups is 1. The monoisotopic (exact) mass is 356 g/mol. The van der Waals surface area contributed by atoms with Crippen molar-refractivity contribution in [2.75, 3.05) is 18.1 Å². The maximum absolute atomic E-state index is 12.5. The molecular weight excluding hydrogens is 328 g/mol. The summed E-state index contributed by atoms with van der Waals surface area (Å²) >= 11 is 1.93. The maximum Gasteiger partial charge on any atom is 0.222 e. The quantitative estimate of drug-likeness (QED) is 0.780. The zero-order chi connectivity index (χ0) is 15.8. The van der Waals surface area contributed by atoms with Crippen LogP contribution in [-0.2, 0) is 4.79 Å². The molecule has 0 aromatic heterocycles. The Hall–Kier alpha value is -0.710. The summed E-state index contributed by atoms with van der Waals surface area (Å²) in [5.41, 5.74) is 1.22. The Bertz CT molecular complexity index is 448. The van der Waals surface area contributed by atoms with Crippen molar-refractivity contribution >= 4 is 30.1 Å². The van der Waals surface area contributed by atoms with E-state index in [1.54, 1.807) is 0 Å². The lowest BCUT2D eigenvalue weighted by Gasteiger charge is -2.29. The Morgan fingerprint density at radius 3 is 2.57 bits per heavy atom. The maximum atomic E-state index is 12.5. The third-order valence-electron chi connectivity index (χ3n) is 4.43. The molecule has 2 rings (SSSR count). The molecule has 0 radical (unpaired) electrons. The van der Waals surface area contributed by atoms with Crippen LogP contribution in [0.4, 0.5) is 0 Å². The summed E-state index contributed by atoms with van der Waals surface area (Å²) in [6, 6.07) is 10.8. The highest BCUT2D eigenvalue weighted by Crippen LogP contribution is 2.27. The van der Waals surface area contributed by atoms with Gasteiger partial charge in [0.05, 0.1) is 6.04 Å². The number of amides is 1. The second-order valence-corrected chi connectivity index (χ2v) is 7.11. The number of halogens is 1. The minimum Gasteiger partial charge on any atom is -0.349 e. The fourth-order valence-electron chi connectivity index (χ4n) is 3.10. The zero-order valence-electron chi connectivity index (χ0n) is 14.1. The summed E-state index contributed by atoms with van der Waals surface area (Å²) in [7, 11) is 0. The molecule has 2 unspecified atom stereocenters. The number of hydrogen-bond acceptors (Lipinski definition) is 3. The van der Waals surface area contributed by atoms with Crippen molar-refractivity contribution in [2.24, 2.45) is 5.92 Å². The molecule has 1 heterocycles. The molecule has 0 aliphatic carbocycles. The van der Waals surface area contributed by atoms with E-state index in [0.717, 1.165) is 30.9 Å². The standard InChI is InChI=1S/C18H28N2OS.ClH/c1-3-14(4-2)18(15-8-6-5-7-9-15)20-17(21)12-16-13-22-11-10-19-16;/h5-9,14,16,18-19H,3-4,10-13H2,1-2H3,(H,20,21);1H. The van der Waals surface area contributed by atoms with Crippen LogP contribution in [0, 0.1) is 5.92 Å². The zero-order valence-corrected chi connectivity index (χ0v) is 15.7. The number of benzene rings is 1. The number of rotatable bonds is 7. The summed E-state index contributed by atoms with van der Waals surface area (Å²) in [5.74, 6) is 2.84. The summed E-state index contributed by atoms with van der Waals surface area (Å²) in [6.45, 7) is 5.42. The Morgan fingerprint density at radius 2 is 2.00 bits per heavy atom. The molecule has 1 amide bonds. The van der Waals surface area contributed by atoms with Gasteiger partial charge in [0.25, 0.3) is 0 Å². The van der Waals surface area contributed by atoms with Gasteiger partial charge in [-0.2, -0.15) is 11.8 Å². The number of nitrogens with one attached hydrogen (secondary N) is 2. The largest absolute Gasteiger partial charge is 0.349 e. The Kier molecular flexibility index (Phi) is 9.68. The number of carbonyl (C=O) groups excluding carboxylic acids is 1. The average molecular weight is 357 g/mol. The summed E-state index contributed by atoms with van der Waals surface area (Å²) in [6.07, 6.45) is 2.73. The second kappa shape index (κ2) is 11.0. The smallest absolute Gasteiger partial charge is 0.222 e. The highest BCUT2D eigenvalue weighted by atomic mass is 35.5. The van der Waals surface area contributed by atoms with Crippen LogP contribution in [0.25, 0.3) is 0 Å². The molecule has 2 N–H and O–H groups in total. The van der Waals surface area contributed by atoms with Crippen LogP contribution in [0.2, 0.25) is 0 Å². The van der Waals surface area contributed by atoms with Crippen molar-refractivity contribution < 1.29 is 4.79 Å². The minimum atomic E-state index is 0. The molecule has 130 valence electrons. The van der Waals surface area contributed by atoms with E-state index in [2.05, 4.69) is 48.7 Å². The second-order valence-electron chi connectivity index (χ2n) is 5.96. The van der Waals surface area contributed by atoms with Crippen molar-refractivity contribution in [1.82, 2.24) is 10.6 Å². The molecule has 1 aliphatic heterocycles. The van der Waals surface area contributed by atoms with Crippen LogP contribution in [0.3, 0.4) is 0 Å². The molecule has 0 saturated carbocycles. The SMILES string of the molecule is CCC(CC)C(NC(=O)CC1CSCCN1)c1ccccc1.Cl. The third-order valence-corrected chi connectivity index (χ3v) is 5.56. The summed E-state index contributed by atoms with van der Waals surface area (Å²) < 4.78 is 0. The molecule has 1 fully saturated rings. The van der Waals surface area contributed by atoms with Gasteiger partial charge in [0, 0.05) is 30.5 Å². The molecule has 0 bridgehead atoms. The Morgan fingerprint density at radius 1 is 1.30 bits per heavy atom. The molecular formula is C18H29ClN2OS. The van der Waals surface area contributed by atoms with Gasteiger partial charge in [0.2, 0.25) is 5.91 Å². The third kappa shape index (κ3) is 6.36. The van der Waals surface area contributed by atoms with E-state index in [4.69, 9.17) is 0 Å². The van der Waals surface area contributed by atoms with E-state index in [-0.39, 0.29) is 24.4 Å². The highest BCUT2D eigenvalue weighted by Gasteiger charge is 2.24. The molecule has 1 saturated heterocycles. The van der Waals surface area contributed by atoms with Crippen molar-refractivity contribution in [1.29, 1.82) is 0 Å². The van der Waals surface area contributed by atoms with Gasteiger partial charge >= 0.3 is 0 Å². The lowest BCUT2D eigenvalue weighted by molar-refractivity contribution is -0.122. The summed E-state index contributed by atoms with van der Waals surface area (Å²) in [4.78, 5) is 12.5. The van der Waals surface area contributed by atoms with E-state index >= 15 is 0 Å². The van der Waals surface area contributed by atoms with E-state index in [9.17, 15) is 4.79 Å². The molecule has 0 spiro atoms. The molecule has 1 aromatic carbocycles. The molecule has 23 heavy (non-hydrogen) atoms. The Balaban J connectivity index is 0.00000264. The fourth-order valence-corrected chi connectivity index (χ4v) is 4.05. The van der Waals surface area contributed by atoms with Crippen LogP contribution in [0.1, 0.15) is 44.7 Å². The topological polar surface area (TPSA) is 41.1 Å². The van der Waals surface area contributed by atoms with Crippen LogP contribution in [0.5, 0.6) is 0 Å². The van der Waals surface area contributed by atoms with Gasteiger partial charge in [-0.15, -0.1) is 12.4 Å². The van der Waals surface area contributed by atoms with Gasteiger partial charge in [-0.25, -0.2) is 0 Å². The van der Waals surface area contributed by atoms with E-state index < -0.39 is 0 Å². The van der Waals surface area contributed by atoms with Gasteiger partial charge in [-0.3, -0.25) is 4.79 Å². The molecule has 2 atom stereocenters. The number of thioether (sulfide) groups is 1. The van der Waals surface area contributed by atoms with Crippen molar-refractivity contribution in [3.8, 4) is 0 Å². The normalized spacial score (nSPS) is 19.0. The average Bonchev–Trinajstić information content (AvgIpc) is 2.56. The molecule has 5 heteroatoms. The number of hydrogen-bond donors (Lipinski definition) is 2. The predicted molar refractivity (Wildman–Crippen MR) is 102 cm³/mol. The van der Waals surface area contributed by atoms with Gasteiger partial charge in [-0.05, 0) is 11.5 Å². The van der Waals surface area contributed by atoms with Crippen LogP contribution in [-0.4, -0.2) is 30.0 Å². The first-order valence-corrected chi connectivity index (χ1v) is 9.55. The van der Waals surface area contributed by atoms with E-state index in [1.165, 1.54) is 5.56 Å². The Labute approximate surface area is 150 Å². The highest BCUT2D eigenvalue weighted by molar-refractivity contribution is 7.99. The van der Waals surface area contributed by atoms with E-state index in [1.807, 2.05) is 17.8 Å². The molecule has 1 aromatic rings. The first kappa shape index (κ1) is 20.3. The van der Waals surface area contributed by atoms with Crippen molar-refractivity contribution in [3.63, 3.8) is 0 Å². The van der Waals surface area contributed by atoms with Crippen LogP contribution in [0.15, 0.2) is 30.3 Å². The van der Waals surface area contributed by atoms with Crippen molar-refractivity contribution in [2.45, 2.75) is 45.2 Å². The first-order chi connectivity index (χ1) is 10.7. The lowest BCUT2D eigenvalue weighted by atomic mass is 9.88. The molecule has 1 aliphatic rings. The fraction of sp³-hybridized carbons (Fsp3) is 0.611. The summed E-state index contributed by atoms with van der Waals surface area (Å²) in [5, 5.41) is 6.73. The van der Waals surface area contributed by atoms with Gasteiger partial charge in [0.1, 0.15) is 0 Å². The van der Waals surface area contributed by atoms with Crippen LogP contribution < -0.4 is 10.6 Å². The van der Waals surface area contributed by atoms with E-state index in [0.29, 0.717) is 18.4 Å². The van der Waals surface area contributed by atoms with Crippen LogP contribution >= 0.6 is 24.2 Å². The molecule has 3 nitrogen and oxygen atoms in total. The van der Waals surface area contributed by atoms with Gasteiger partial charge in [-0.1, -0.05) is 57.0 Å². The first-order valence-electron chi connectivity index (χ1n) is 8.40. The van der Waals surface area contributed by atoms with Gasteiger partial charge in [0.15, 0.2) is 0 Å². The minimum absolute atomic E-state index is 0. The van der Waals surface area contributed by atoms with Crippen molar-refractivity contribution in [3.05, 3.63) is 35.9 Å². The predicted octanol–water partition coefficient (Wildman–Crippen LogP) is 3.80.